The fourth-order valence-electron chi connectivity index (χ4n) is 3.13. The van der Waals surface area contributed by atoms with E-state index in [1.165, 1.54) is 24.0 Å². The fraction of sp³-hybridized carbons (Fsp3) is 0.381. The second-order valence-electron chi connectivity index (χ2n) is 6.32. The summed E-state index contributed by atoms with van der Waals surface area (Å²) in [5.41, 5.74) is 3.41. The molecule has 25 heavy (non-hydrogen) atoms. The molecule has 0 fully saturated rings. The van der Waals surface area contributed by atoms with Crippen molar-refractivity contribution in [3.8, 4) is 11.5 Å². The molecule has 0 aromatic heterocycles. The molecule has 3 rings (SSSR count). The molecule has 0 aliphatic heterocycles. The van der Waals surface area contributed by atoms with E-state index in [0.29, 0.717) is 18.0 Å². The lowest BCUT2D eigenvalue weighted by atomic mass is 9.92. The van der Waals surface area contributed by atoms with Crippen LogP contribution in [0, 0.1) is 0 Å². The van der Waals surface area contributed by atoms with Gasteiger partial charge in [-0.15, -0.1) is 0 Å². The Bertz CT molecular complexity index is 742. The largest absolute Gasteiger partial charge is 0.492 e. The van der Waals surface area contributed by atoms with Gasteiger partial charge in [0, 0.05) is 0 Å². The van der Waals surface area contributed by atoms with E-state index < -0.39 is 6.10 Å². The highest BCUT2D eigenvalue weighted by Gasteiger charge is 2.18. The van der Waals surface area contributed by atoms with Gasteiger partial charge in [-0.2, -0.15) is 0 Å². The lowest BCUT2D eigenvalue weighted by Gasteiger charge is -2.19. The van der Waals surface area contributed by atoms with Gasteiger partial charge in [0.05, 0.1) is 12.3 Å². The molecule has 0 unspecified atom stereocenters. The normalized spacial score (nSPS) is 14.3. The van der Waals surface area contributed by atoms with Crippen LogP contribution >= 0.6 is 0 Å². The monoisotopic (exact) mass is 339 g/mol. The number of carbonyl (C=O) groups excluding carboxylic acids is 1. The van der Waals surface area contributed by atoms with Crippen LogP contribution in [0.1, 0.15) is 37.8 Å². The zero-order valence-electron chi connectivity index (χ0n) is 14.9. The summed E-state index contributed by atoms with van der Waals surface area (Å²) in [6.45, 7) is 4.23. The van der Waals surface area contributed by atoms with Crippen LogP contribution in [0.15, 0.2) is 42.5 Å². The van der Waals surface area contributed by atoms with Gasteiger partial charge >= 0.3 is 0 Å². The van der Waals surface area contributed by atoms with E-state index in [4.69, 9.17) is 9.47 Å². The van der Waals surface area contributed by atoms with Crippen LogP contribution in [0.25, 0.3) is 0 Å². The number of amides is 1. The number of benzene rings is 2. The number of aryl methyl sites for hydroxylation is 2. The Labute approximate surface area is 149 Å². The van der Waals surface area contributed by atoms with E-state index in [1.807, 2.05) is 37.3 Å². The second-order valence-corrected chi connectivity index (χ2v) is 6.32. The lowest BCUT2D eigenvalue weighted by molar-refractivity contribution is -0.122. The van der Waals surface area contributed by atoms with Crippen molar-refractivity contribution in [1.29, 1.82) is 0 Å². The van der Waals surface area contributed by atoms with Gasteiger partial charge in [-0.3, -0.25) is 4.79 Å². The van der Waals surface area contributed by atoms with Crippen molar-refractivity contribution in [1.82, 2.24) is 0 Å². The molecule has 0 heterocycles. The minimum atomic E-state index is -0.587. The third kappa shape index (κ3) is 4.32. The molecule has 1 aliphatic carbocycles. The summed E-state index contributed by atoms with van der Waals surface area (Å²) in [4.78, 5) is 12.5. The smallest absolute Gasteiger partial charge is 0.265 e. The zero-order chi connectivity index (χ0) is 17.6. The van der Waals surface area contributed by atoms with Crippen molar-refractivity contribution in [2.24, 2.45) is 0 Å². The van der Waals surface area contributed by atoms with Crippen molar-refractivity contribution in [2.75, 3.05) is 11.9 Å². The van der Waals surface area contributed by atoms with Crippen molar-refractivity contribution in [3.63, 3.8) is 0 Å². The Hall–Kier alpha value is -2.49. The van der Waals surface area contributed by atoms with E-state index in [-0.39, 0.29) is 5.91 Å². The molecule has 0 bridgehead atoms. The maximum Gasteiger partial charge on any atom is 0.265 e. The highest BCUT2D eigenvalue weighted by Crippen LogP contribution is 2.27. The number of para-hydroxylation sites is 2. The number of hydrogen-bond acceptors (Lipinski definition) is 3. The van der Waals surface area contributed by atoms with Crippen LogP contribution in [0.3, 0.4) is 0 Å². The maximum atomic E-state index is 12.5. The number of rotatable bonds is 6. The summed E-state index contributed by atoms with van der Waals surface area (Å²) in [5.74, 6) is 1.23. The average Bonchev–Trinajstić information content (AvgIpc) is 2.63. The van der Waals surface area contributed by atoms with Gasteiger partial charge in [-0.05, 0) is 74.9 Å². The van der Waals surface area contributed by atoms with Crippen LogP contribution in [0.5, 0.6) is 11.5 Å². The summed E-state index contributed by atoms with van der Waals surface area (Å²) in [5, 5.41) is 2.89. The predicted molar refractivity (Wildman–Crippen MR) is 99.4 cm³/mol. The van der Waals surface area contributed by atoms with Crippen molar-refractivity contribution < 1.29 is 14.3 Å². The molecule has 1 N–H and O–H groups in total. The standard InChI is InChI=1S/C21H25NO3/c1-3-24-20-11-7-6-10-19(20)22-21(23)15(2)25-18-13-12-16-8-4-5-9-17(16)14-18/h6-7,10-15H,3-5,8-9H2,1-2H3,(H,22,23)/t15-/m1/s1. The molecular formula is C21H25NO3. The first-order chi connectivity index (χ1) is 12.2. The summed E-state index contributed by atoms with van der Waals surface area (Å²) < 4.78 is 11.4. The van der Waals surface area contributed by atoms with E-state index in [2.05, 4.69) is 17.4 Å². The average molecular weight is 339 g/mol. The molecule has 0 radical (unpaired) electrons. The molecule has 2 aromatic carbocycles. The quantitative estimate of drug-likeness (QED) is 0.850. The Morgan fingerprint density at radius 2 is 1.88 bits per heavy atom. The minimum absolute atomic E-state index is 0.190. The number of hydrogen-bond donors (Lipinski definition) is 1. The van der Waals surface area contributed by atoms with Gasteiger partial charge in [0.15, 0.2) is 6.10 Å². The Morgan fingerprint density at radius 3 is 2.68 bits per heavy atom. The molecule has 1 aliphatic rings. The molecule has 2 aromatic rings. The van der Waals surface area contributed by atoms with Crippen molar-refractivity contribution in [3.05, 3.63) is 53.6 Å². The highest BCUT2D eigenvalue weighted by atomic mass is 16.5. The van der Waals surface area contributed by atoms with Crippen LogP contribution in [0.2, 0.25) is 0 Å². The topological polar surface area (TPSA) is 47.6 Å². The van der Waals surface area contributed by atoms with Crippen LogP contribution < -0.4 is 14.8 Å². The second kappa shape index (κ2) is 8.06. The zero-order valence-corrected chi connectivity index (χ0v) is 14.9. The fourth-order valence-corrected chi connectivity index (χ4v) is 3.13. The molecule has 0 saturated heterocycles. The maximum absolute atomic E-state index is 12.5. The summed E-state index contributed by atoms with van der Waals surface area (Å²) in [6.07, 6.45) is 4.12. The molecule has 1 atom stereocenters. The number of nitrogens with one attached hydrogen (secondary N) is 1. The molecule has 4 heteroatoms. The third-order valence-electron chi connectivity index (χ3n) is 4.45. The molecule has 4 nitrogen and oxygen atoms in total. The third-order valence-corrected chi connectivity index (χ3v) is 4.45. The number of fused-ring (bicyclic) bond motifs is 1. The number of carbonyl (C=O) groups is 1. The van der Waals surface area contributed by atoms with Gasteiger partial charge < -0.3 is 14.8 Å². The van der Waals surface area contributed by atoms with Crippen LogP contribution in [-0.4, -0.2) is 18.6 Å². The number of anilines is 1. The van der Waals surface area contributed by atoms with E-state index in [0.717, 1.165) is 18.6 Å². The summed E-state index contributed by atoms with van der Waals surface area (Å²) in [6, 6.07) is 13.6. The van der Waals surface area contributed by atoms with Crippen LogP contribution in [0.4, 0.5) is 5.69 Å². The Kier molecular flexibility index (Phi) is 5.59. The first-order valence-electron chi connectivity index (χ1n) is 8.98. The first kappa shape index (κ1) is 17.3. The van der Waals surface area contributed by atoms with E-state index in [1.54, 1.807) is 6.92 Å². The Balaban J connectivity index is 1.65. The molecular weight excluding hydrogens is 314 g/mol. The van der Waals surface area contributed by atoms with Gasteiger partial charge in [-0.25, -0.2) is 0 Å². The predicted octanol–water partition coefficient (Wildman–Crippen LogP) is 4.37. The van der Waals surface area contributed by atoms with Crippen LogP contribution in [-0.2, 0) is 17.6 Å². The number of ether oxygens (including phenoxy) is 2. The molecule has 0 saturated carbocycles. The summed E-state index contributed by atoms with van der Waals surface area (Å²) in [7, 11) is 0. The lowest BCUT2D eigenvalue weighted by Crippen LogP contribution is -2.30. The van der Waals surface area contributed by atoms with Gasteiger partial charge in [-0.1, -0.05) is 18.2 Å². The molecule has 132 valence electrons. The van der Waals surface area contributed by atoms with Gasteiger partial charge in [0.25, 0.3) is 5.91 Å². The van der Waals surface area contributed by atoms with Crippen molar-refractivity contribution in [2.45, 2.75) is 45.6 Å². The van der Waals surface area contributed by atoms with Gasteiger partial charge in [0.1, 0.15) is 11.5 Å². The highest BCUT2D eigenvalue weighted by molar-refractivity contribution is 5.95. The summed E-state index contributed by atoms with van der Waals surface area (Å²) >= 11 is 0. The SMILES string of the molecule is CCOc1ccccc1NC(=O)[C@@H](C)Oc1ccc2c(c1)CCCC2. The van der Waals surface area contributed by atoms with Gasteiger partial charge in [0.2, 0.25) is 0 Å². The minimum Gasteiger partial charge on any atom is -0.492 e. The molecule has 0 spiro atoms. The first-order valence-corrected chi connectivity index (χ1v) is 8.98. The molecule has 1 amide bonds. The van der Waals surface area contributed by atoms with Crippen molar-refractivity contribution >= 4 is 11.6 Å². The van der Waals surface area contributed by atoms with E-state index in [9.17, 15) is 4.79 Å². The Morgan fingerprint density at radius 1 is 1.12 bits per heavy atom. The van der Waals surface area contributed by atoms with E-state index >= 15 is 0 Å².